The highest BCUT2D eigenvalue weighted by atomic mass is 79.9. The van der Waals surface area contributed by atoms with Crippen molar-refractivity contribution in [2.45, 2.75) is 26.3 Å². The van der Waals surface area contributed by atoms with E-state index in [-0.39, 0.29) is 11.7 Å². The van der Waals surface area contributed by atoms with E-state index in [1.165, 1.54) is 24.2 Å². The maximum Gasteiger partial charge on any atom is 0.293 e. The van der Waals surface area contributed by atoms with Crippen LogP contribution in [0.4, 0.5) is 5.13 Å². The van der Waals surface area contributed by atoms with Crippen LogP contribution >= 0.6 is 27.3 Å². The van der Waals surface area contributed by atoms with Gasteiger partial charge in [0.1, 0.15) is 0 Å². The molecule has 0 atom stereocenters. The fraction of sp³-hybridized carbons (Fsp3) is 0.467. The minimum Gasteiger partial charge on any atom is -0.444 e. The molecule has 2 aromatic heterocycles. The molecule has 0 bridgehead atoms. The van der Waals surface area contributed by atoms with E-state index in [9.17, 15) is 4.79 Å². The molecule has 0 spiro atoms. The molecule has 22 heavy (non-hydrogen) atoms. The molecule has 0 aliphatic carbocycles. The van der Waals surface area contributed by atoms with Crippen LogP contribution < -0.4 is 5.32 Å². The Kier molecular flexibility index (Phi) is 4.95. The third-order valence-corrected chi connectivity index (χ3v) is 5.06. The summed E-state index contributed by atoms with van der Waals surface area (Å²) in [7, 11) is 0. The van der Waals surface area contributed by atoms with Crippen molar-refractivity contribution in [3.8, 4) is 0 Å². The SMILES string of the molecule is CC1CCN(Cc2csc(NC(=O)c3ccc(Br)o3)n2)CC1. The lowest BCUT2D eigenvalue weighted by atomic mass is 9.99. The average molecular weight is 384 g/mol. The number of rotatable bonds is 4. The first-order valence-electron chi connectivity index (χ1n) is 7.33. The number of hydrogen-bond acceptors (Lipinski definition) is 5. The predicted octanol–water partition coefficient (Wildman–Crippen LogP) is 3.98. The number of furan rings is 1. The number of hydrogen-bond donors (Lipinski definition) is 1. The molecule has 1 aliphatic rings. The zero-order chi connectivity index (χ0) is 15.5. The second-order valence-corrected chi connectivity index (χ2v) is 7.30. The van der Waals surface area contributed by atoms with Gasteiger partial charge in [-0.25, -0.2) is 4.98 Å². The van der Waals surface area contributed by atoms with E-state index in [4.69, 9.17) is 4.42 Å². The molecule has 0 aromatic carbocycles. The Hall–Kier alpha value is -1.18. The summed E-state index contributed by atoms with van der Waals surface area (Å²) in [5.41, 5.74) is 1.01. The lowest BCUT2D eigenvalue weighted by Crippen LogP contribution is -2.32. The number of halogens is 1. The monoisotopic (exact) mass is 383 g/mol. The molecule has 0 saturated carbocycles. The molecular formula is C15H18BrN3O2S. The van der Waals surface area contributed by atoms with Gasteiger partial charge in [-0.1, -0.05) is 6.92 Å². The van der Waals surface area contributed by atoms with Crippen molar-refractivity contribution >= 4 is 38.3 Å². The molecule has 118 valence electrons. The molecule has 1 amide bonds. The van der Waals surface area contributed by atoms with Gasteiger partial charge in [0, 0.05) is 11.9 Å². The van der Waals surface area contributed by atoms with Crippen LogP contribution in [-0.2, 0) is 6.54 Å². The number of carbonyl (C=O) groups is 1. The first-order chi connectivity index (χ1) is 10.6. The smallest absolute Gasteiger partial charge is 0.293 e. The van der Waals surface area contributed by atoms with Crippen molar-refractivity contribution in [1.29, 1.82) is 0 Å². The van der Waals surface area contributed by atoms with Crippen LogP contribution in [0.5, 0.6) is 0 Å². The Morgan fingerprint density at radius 2 is 2.27 bits per heavy atom. The average Bonchev–Trinajstić information content (AvgIpc) is 3.11. The number of anilines is 1. The Morgan fingerprint density at radius 3 is 2.95 bits per heavy atom. The van der Waals surface area contributed by atoms with Gasteiger partial charge in [0.2, 0.25) is 0 Å². The van der Waals surface area contributed by atoms with E-state index in [0.29, 0.717) is 9.80 Å². The molecule has 1 N–H and O–H groups in total. The quantitative estimate of drug-likeness (QED) is 0.866. The van der Waals surface area contributed by atoms with Gasteiger partial charge >= 0.3 is 0 Å². The van der Waals surface area contributed by atoms with Gasteiger partial charge in [-0.15, -0.1) is 11.3 Å². The van der Waals surface area contributed by atoms with Crippen LogP contribution in [-0.4, -0.2) is 28.9 Å². The van der Waals surface area contributed by atoms with E-state index >= 15 is 0 Å². The second-order valence-electron chi connectivity index (χ2n) is 5.66. The van der Waals surface area contributed by atoms with Crippen molar-refractivity contribution in [3.05, 3.63) is 33.6 Å². The Labute approximate surface area is 141 Å². The zero-order valence-electron chi connectivity index (χ0n) is 12.3. The van der Waals surface area contributed by atoms with Crippen LogP contribution in [0.3, 0.4) is 0 Å². The minimum atomic E-state index is -0.279. The number of carbonyl (C=O) groups excluding carboxylic acids is 1. The Morgan fingerprint density at radius 1 is 1.50 bits per heavy atom. The highest BCUT2D eigenvalue weighted by Crippen LogP contribution is 2.22. The summed E-state index contributed by atoms with van der Waals surface area (Å²) in [6, 6.07) is 3.32. The van der Waals surface area contributed by atoms with Crippen LogP contribution in [0.25, 0.3) is 0 Å². The fourth-order valence-electron chi connectivity index (χ4n) is 2.48. The summed E-state index contributed by atoms with van der Waals surface area (Å²) < 4.78 is 5.77. The summed E-state index contributed by atoms with van der Waals surface area (Å²) >= 11 is 4.63. The van der Waals surface area contributed by atoms with Crippen molar-refractivity contribution < 1.29 is 9.21 Å². The van der Waals surface area contributed by atoms with Crippen molar-refractivity contribution in [3.63, 3.8) is 0 Å². The van der Waals surface area contributed by atoms with Gasteiger partial charge in [0.15, 0.2) is 15.6 Å². The van der Waals surface area contributed by atoms with Gasteiger partial charge < -0.3 is 4.42 Å². The number of aromatic nitrogens is 1. The molecule has 0 unspecified atom stereocenters. The molecule has 3 heterocycles. The normalized spacial score (nSPS) is 16.8. The maximum atomic E-state index is 12.0. The maximum absolute atomic E-state index is 12.0. The number of nitrogens with one attached hydrogen (secondary N) is 1. The Bertz CT molecular complexity index is 647. The van der Waals surface area contributed by atoms with Gasteiger partial charge in [-0.2, -0.15) is 0 Å². The Balaban J connectivity index is 1.56. The van der Waals surface area contributed by atoms with Gasteiger partial charge in [-0.3, -0.25) is 15.0 Å². The highest BCUT2D eigenvalue weighted by Gasteiger charge is 2.17. The van der Waals surface area contributed by atoms with E-state index in [1.807, 2.05) is 5.38 Å². The molecule has 5 nitrogen and oxygen atoms in total. The number of amides is 1. The standard InChI is InChI=1S/C15H18BrN3O2S/c1-10-4-6-19(7-5-10)8-11-9-22-15(17-11)18-14(20)12-2-3-13(16)21-12/h2-3,9-10H,4-8H2,1H3,(H,17,18,20). The zero-order valence-corrected chi connectivity index (χ0v) is 14.7. The summed E-state index contributed by atoms with van der Waals surface area (Å²) in [5, 5.41) is 5.39. The van der Waals surface area contributed by atoms with Crippen LogP contribution in [0.2, 0.25) is 0 Å². The third-order valence-electron chi connectivity index (χ3n) is 3.83. The van der Waals surface area contributed by atoms with Gasteiger partial charge in [0.25, 0.3) is 5.91 Å². The number of thiazole rings is 1. The number of likely N-dealkylation sites (tertiary alicyclic amines) is 1. The first kappa shape index (κ1) is 15.7. The summed E-state index contributed by atoms with van der Waals surface area (Å²) in [5.74, 6) is 0.821. The first-order valence-corrected chi connectivity index (χ1v) is 9.01. The summed E-state index contributed by atoms with van der Waals surface area (Å²) in [6.45, 7) is 5.41. The van der Waals surface area contributed by atoms with Crippen LogP contribution in [0.1, 0.15) is 36.0 Å². The number of piperidine rings is 1. The van der Waals surface area contributed by atoms with E-state index in [2.05, 4.69) is 38.1 Å². The fourth-order valence-corrected chi connectivity index (χ4v) is 3.48. The molecule has 3 rings (SSSR count). The van der Waals surface area contributed by atoms with E-state index in [1.54, 1.807) is 12.1 Å². The molecule has 1 saturated heterocycles. The predicted molar refractivity (Wildman–Crippen MR) is 90.2 cm³/mol. The largest absolute Gasteiger partial charge is 0.444 e. The minimum absolute atomic E-state index is 0.272. The lowest BCUT2D eigenvalue weighted by molar-refractivity contribution is 0.0995. The molecule has 2 aromatic rings. The second kappa shape index (κ2) is 6.93. The third kappa shape index (κ3) is 3.97. The molecule has 0 radical (unpaired) electrons. The molecular weight excluding hydrogens is 366 g/mol. The van der Waals surface area contributed by atoms with Crippen molar-refractivity contribution in [1.82, 2.24) is 9.88 Å². The topological polar surface area (TPSA) is 58.4 Å². The van der Waals surface area contributed by atoms with E-state index < -0.39 is 0 Å². The van der Waals surface area contributed by atoms with Gasteiger partial charge in [-0.05, 0) is 59.9 Å². The summed E-state index contributed by atoms with van der Waals surface area (Å²) in [6.07, 6.45) is 2.50. The number of nitrogens with zero attached hydrogens (tertiary/aromatic N) is 2. The lowest BCUT2D eigenvalue weighted by Gasteiger charge is -2.29. The van der Waals surface area contributed by atoms with Crippen molar-refractivity contribution in [2.24, 2.45) is 5.92 Å². The van der Waals surface area contributed by atoms with Crippen LogP contribution in [0.15, 0.2) is 26.6 Å². The molecule has 1 fully saturated rings. The highest BCUT2D eigenvalue weighted by molar-refractivity contribution is 9.10. The summed E-state index contributed by atoms with van der Waals surface area (Å²) in [4.78, 5) is 18.9. The van der Waals surface area contributed by atoms with Crippen LogP contribution in [0, 0.1) is 5.92 Å². The van der Waals surface area contributed by atoms with Gasteiger partial charge in [0.05, 0.1) is 5.69 Å². The molecule has 7 heteroatoms. The molecule has 1 aliphatic heterocycles. The van der Waals surface area contributed by atoms with Crippen molar-refractivity contribution in [2.75, 3.05) is 18.4 Å². The van der Waals surface area contributed by atoms with E-state index in [0.717, 1.165) is 31.2 Å².